The van der Waals surface area contributed by atoms with Crippen LogP contribution in [0.5, 0.6) is 0 Å². The van der Waals surface area contributed by atoms with Crippen LogP contribution in [0, 0.1) is 15.9 Å². The topological polar surface area (TPSA) is 107 Å². The molecule has 6 rings (SSSR count). The molecule has 0 unspecified atom stereocenters. The van der Waals surface area contributed by atoms with Crippen LogP contribution in [-0.4, -0.2) is 38.7 Å². The maximum Gasteiger partial charge on any atom is 0.311 e. The molecule has 3 aliphatic rings. The second-order valence-electron chi connectivity index (χ2n) is 9.00. The van der Waals surface area contributed by atoms with Crippen molar-refractivity contribution in [3.05, 3.63) is 100 Å². The zero-order chi connectivity index (χ0) is 26.1. The number of hydrogen-bond acceptors (Lipinski definition) is 7. The summed E-state index contributed by atoms with van der Waals surface area (Å²) in [5, 5.41) is 15.4. The number of fused-ring (bicyclic) bond motifs is 2. The number of anilines is 2. The normalized spacial score (nSPS) is 14.7. The summed E-state index contributed by atoms with van der Waals surface area (Å²) in [6, 6.07) is 20.7. The molecule has 0 radical (unpaired) electrons. The first-order valence-corrected chi connectivity index (χ1v) is 12.3. The number of nitrogens with zero attached hydrogens (tertiary/aromatic N) is 5. The van der Waals surface area contributed by atoms with Crippen LogP contribution in [0.25, 0.3) is 28.1 Å². The number of para-hydroxylation sites is 2. The molecule has 38 heavy (non-hydrogen) atoms. The predicted octanol–water partition coefficient (Wildman–Crippen LogP) is 5.40. The molecule has 3 aromatic rings. The van der Waals surface area contributed by atoms with E-state index in [-0.39, 0.29) is 23.4 Å². The van der Waals surface area contributed by atoms with Crippen LogP contribution in [0.2, 0.25) is 0 Å². The number of aromatic nitrogens is 3. The van der Waals surface area contributed by atoms with E-state index >= 15 is 0 Å². The summed E-state index contributed by atoms with van der Waals surface area (Å²) in [4.78, 5) is 25.3. The standard InChI is InChI=1S/C28H23FN6O3/c29-18-7-9-20(10-8-18)34-25-5-2-1-4-21(25)32-24-16-22(33-28-26(35(36)37)6-3-13-30-28)23(17-27(24)34)31-19-11-14-38-15-12-19/h1-10,13,16-17,19H,11-12,14-15H2,(H,30,33). The first-order chi connectivity index (χ1) is 18.6. The van der Waals surface area contributed by atoms with Crippen molar-refractivity contribution in [3.63, 3.8) is 0 Å². The van der Waals surface area contributed by atoms with Gasteiger partial charge < -0.3 is 14.6 Å². The van der Waals surface area contributed by atoms with Gasteiger partial charge in [0.2, 0.25) is 5.82 Å². The second-order valence-corrected chi connectivity index (χ2v) is 9.00. The Morgan fingerprint density at radius 1 is 1.05 bits per heavy atom. The quantitative estimate of drug-likeness (QED) is 0.193. The fourth-order valence-corrected chi connectivity index (χ4v) is 4.70. The monoisotopic (exact) mass is 510 g/mol. The Bertz CT molecular complexity index is 1680. The fourth-order valence-electron chi connectivity index (χ4n) is 4.70. The molecule has 1 aromatic heterocycles. The highest BCUT2D eigenvalue weighted by Crippen LogP contribution is 2.31. The van der Waals surface area contributed by atoms with Crippen molar-refractivity contribution in [2.75, 3.05) is 18.5 Å². The van der Waals surface area contributed by atoms with E-state index in [0.29, 0.717) is 30.0 Å². The summed E-state index contributed by atoms with van der Waals surface area (Å²) < 4.78 is 21.3. The highest BCUT2D eigenvalue weighted by atomic mass is 19.1. The summed E-state index contributed by atoms with van der Waals surface area (Å²) in [7, 11) is 0. The van der Waals surface area contributed by atoms with Gasteiger partial charge in [0.15, 0.2) is 0 Å². The number of halogens is 1. The lowest BCUT2D eigenvalue weighted by molar-refractivity contribution is -0.384. The maximum atomic E-state index is 13.8. The summed E-state index contributed by atoms with van der Waals surface area (Å²) in [5.74, 6) is -0.205. The Hall–Kier alpha value is -4.70. The Balaban J connectivity index is 1.62. The number of nitrogens with one attached hydrogen (secondary N) is 1. The number of benzene rings is 3. The van der Waals surface area contributed by atoms with E-state index < -0.39 is 4.92 Å². The lowest BCUT2D eigenvalue weighted by Gasteiger charge is -2.21. The van der Waals surface area contributed by atoms with Gasteiger partial charge in [-0.15, -0.1) is 0 Å². The third-order valence-electron chi connectivity index (χ3n) is 6.53. The van der Waals surface area contributed by atoms with Crippen molar-refractivity contribution < 1.29 is 14.1 Å². The van der Waals surface area contributed by atoms with Crippen molar-refractivity contribution in [3.8, 4) is 17.1 Å². The largest absolute Gasteiger partial charge is 0.381 e. The van der Waals surface area contributed by atoms with E-state index in [1.54, 1.807) is 12.1 Å². The zero-order valence-corrected chi connectivity index (χ0v) is 20.3. The third kappa shape index (κ3) is 4.57. The molecule has 0 amide bonds. The van der Waals surface area contributed by atoms with Crippen molar-refractivity contribution in [1.82, 2.24) is 14.5 Å². The van der Waals surface area contributed by atoms with Gasteiger partial charge in [0.05, 0.1) is 44.4 Å². The van der Waals surface area contributed by atoms with Crippen LogP contribution < -0.4 is 10.7 Å². The molecule has 0 atom stereocenters. The molecule has 1 saturated heterocycles. The minimum Gasteiger partial charge on any atom is -0.381 e. The highest BCUT2D eigenvalue weighted by molar-refractivity contribution is 5.84. The van der Waals surface area contributed by atoms with Crippen LogP contribution in [0.4, 0.5) is 21.6 Å². The maximum absolute atomic E-state index is 13.8. The Morgan fingerprint density at radius 2 is 1.84 bits per heavy atom. The average molecular weight is 511 g/mol. The highest BCUT2D eigenvalue weighted by Gasteiger charge is 2.20. The van der Waals surface area contributed by atoms with Crippen LogP contribution in [0.1, 0.15) is 12.8 Å². The number of pyridine rings is 1. The van der Waals surface area contributed by atoms with Gasteiger partial charge in [0.1, 0.15) is 5.82 Å². The number of hydrogen-bond donors (Lipinski definition) is 1. The third-order valence-corrected chi connectivity index (χ3v) is 6.53. The first kappa shape index (κ1) is 23.7. The van der Waals surface area contributed by atoms with Gasteiger partial charge >= 0.3 is 5.69 Å². The smallest absolute Gasteiger partial charge is 0.311 e. The van der Waals surface area contributed by atoms with Crippen LogP contribution in [0.3, 0.4) is 0 Å². The van der Waals surface area contributed by atoms with E-state index in [2.05, 4.69) is 10.3 Å². The molecular formula is C28H23FN6O3. The molecule has 0 spiro atoms. The van der Waals surface area contributed by atoms with Gasteiger partial charge in [-0.1, -0.05) is 12.1 Å². The van der Waals surface area contributed by atoms with Crippen LogP contribution in [-0.2, 0) is 4.74 Å². The minimum atomic E-state index is -0.472. The van der Waals surface area contributed by atoms with Crippen molar-refractivity contribution in [2.24, 2.45) is 4.99 Å². The molecule has 10 heteroatoms. The fraction of sp³-hybridized carbons (Fsp3) is 0.179. The van der Waals surface area contributed by atoms with Gasteiger partial charge in [-0.25, -0.2) is 14.4 Å². The molecule has 1 fully saturated rings. The van der Waals surface area contributed by atoms with Gasteiger partial charge in [-0.05, 0) is 67.4 Å². The molecule has 1 aliphatic carbocycles. The summed E-state index contributed by atoms with van der Waals surface area (Å²) in [6.07, 6.45) is 3.05. The van der Waals surface area contributed by atoms with Crippen molar-refractivity contribution in [2.45, 2.75) is 18.9 Å². The van der Waals surface area contributed by atoms with Crippen molar-refractivity contribution >= 4 is 28.2 Å². The minimum absolute atomic E-state index is 0.0353. The summed E-state index contributed by atoms with van der Waals surface area (Å²) in [5.41, 5.74) is 4.19. The van der Waals surface area contributed by atoms with Gasteiger partial charge in [-0.3, -0.25) is 15.1 Å². The molecule has 1 N–H and O–H groups in total. The lowest BCUT2D eigenvalue weighted by Crippen LogP contribution is -2.23. The van der Waals surface area contributed by atoms with Gasteiger partial charge in [0.25, 0.3) is 0 Å². The number of nitro groups is 1. The SMILES string of the molecule is O=[N+]([O-])c1cccnc1Nc1cc2nc3ccccc3n(-c3ccc(F)cc3)c-2cc1=NC1CCOCC1. The molecule has 190 valence electrons. The zero-order valence-electron chi connectivity index (χ0n) is 20.3. The number of rotatable bonds is 5. The molecule has 0 bridgehead atoms. The molecular weight excluding hydrogens is 487 g/mol. The van der Waals surface area contributed by atoms with Crippen LogP contribution in [0.15, 0.2) is 84.0 Å². The Morgan fingerprint density at radius 3 is 2.63 bits per heavy atom. The lowest BCUT2D eigenvalue weighted by atomic mass is 10.1. The number of ether oxygens (including phenoxy) is 1. The predicted molar refractivity (Wildman–Crippen MR) is 141 cm³/mol. The van der Waals surface area contributed by atoms with Gasteiger partial charge in [-0.2, -0.15) is 0 Å². The molecule has 2 aliphatic heterocycles. The van der Waals surface area contributed by atoms with E-state index in [9.17, 15) is 14.5 Å². The summed E-state index contributed by atoms with van der Waals surface area (Å²) in [6.45, 7) is 1.25. The summed E-state index contributed by atoms with van der Waals surface area (Å²) >= 11 is 0. The molecule has 0 saturated carbocycles. The van der Waals surface area contributed by atoms with E-state index in [0.717, 1.165) is 35.3 Å². The second kappa shape index (κ2) is 9.98. The van der Waals surface area contributed by atoms with Crippen molar-refractivity contribution in [1.29, 1.82) is 0 Å². The van der Waals surface area contributed by atoms with E-state index in [1.165, 1.54) is 30.5 Å². The molecule has 9 nitrogen and oxygen atoms in total. The molecule has 2 aromatic carbocycles. The molecule has 3 heterocycles. The van der Waals surface area contributed by atoms with Gasteiger partial charge in [0, 0.05) is 31.2 Å². The Labute approximate surface area is 216 Å². The Kier molecular flexibility index (Phi) is 6.22. The first-order valence-electron chi connectivity index (χ1n) is 12.3. The average Bonchev–Trinajstić information content (AvgIpc) is 2.93. The van der Waals surface area contributed by atoms with E-state index in [4.69, 9.17) is 14.7 Å². The van der Waals surface area contributed by atoms with Crippen LogP contribution >= 0.6 is 0 Å². The van der Waals surface area contributed by atoms with E-state index in [1.807, 2.05) is 41.0 Å².